The minimum Gasteiger partial charge on any atom is -0.480 e. The van der Waals surface area contributed by atoms with Crippen LogP contribution in [0.25, 0.3) is 0 Å². The lowest BCUT2D eigenvalue weighted by atomic mass is 10.3. The maximum absolute atomic E-state index is 11.0. The van der Waals surface area contributed by atoms with Gasteiger partial charge in [0.15, 0.2) is 6.04 Å². The van der Waals surface area contributed by atoms with Crippen LogP contribution in [-0.2, 0) is 9.59 Å². The van der Waals surface area contributed by atoms with E-state index < -0.39 is 24.6 Å². The summed E-state index contributed by atoms with van der Waals surface area (Å²) in [7, 11) is 0. The summed E-state index contributed by atoms with van der Waals surface area (Å²) in [6.07, 6.45) is 0. The summed E-state index contributed by atoms with van der Waals surface area (Å²) in [6, 6.07) is -2.21. The molecule has 0 spiro atoms. The third-order valence-electron chi connectivity index (χ3n) is 1.57. The van der Waals surface area contributed by atoms with Crippen molar-refractivity contribution < 1.29 is 24.6 Å². The predicted molar refractivity (Wildman–Crippen MR) is 53.7 cm³/mol. The van der Waals surface area contributed by atoms with E-state index in [0.717, 1.165) is 0 Å². The highest BCUT2D eigenvalue weighted by atomic mass is 16.4. The van der Waals surface area contributed by atoms with Crippen molar-refractivity contribution in [3.8, 4) is 0 Å². The lowest BCUT2D eigenvalue weighted by molar-refractivity contribution is -0.140. The molecule has 0 aliphatic heterocycles. The van der Waals surface area contributed by atoms with E-state index in [4.69, 9.17) is 10.2 Å². The Balaban J connectivity index is 3.89. The van der Waals surface area contributed by atoms with Gasteiger partial charge in [0, 0.05) is 6.54 Å². The average molecular weight is 233 g/mol. The lowest BCUT2D eigenvalue weighted by Crippen LogP contribution is -2.49. The van der Waals surface area contributed by atoms with E-state index in [9.17, 15) is 14.4 Å². The Kier molecular flexibility index (Phi) is 6.61. The number of carbonyl (C=O) groups is 3. The van der Waals surface area contributed by atoms with Gasteiger partial charge in [0.1, 0.15) is 0 Å². The molecule has 0 saturated carbocycles. The molecule has 0 aliphatic rings. The van der Waals surface area contributed by atoms with Crippen LogP contribution in [0.3, 0.4) is 0 Å². The molecule has 5 N–H and O–H groups in total. The molecule has 0 heterocycles. The first-order chi connectivity index (χ1) is 7.51. The first-order valence-corrected chi connectivity index (χ1v) is 4.66. The fraction of sp³-hybridized carbons (Fsp3) is 0.625. The molecule has 1 unspecified atom stereocenters. The highest BCUT2D eigenvalue weighted by Gasteiger charge is 2.18. The van der Waals surface area contributed by atoms with E-state index >= 15 is 0 Å². The molecule has 8 nitrogen and oxygen atoms in total. The number of aliphatic hydroxyl groups is 1. The number of carbonyl (C=O) groups excluding carboxylic acids is 2. The van der Waals surface area contributed by atoms with Gasteiger partial charge in [0.25, 0.3) is 0 Å². The molecule has 0 aromatic heterocycles. The molecule has 8 heteroatoms. The highest BCUT2D eigenvalue weighted by molar-refractivity contribution is 5.86. The van der Waals surface area contributed by atoms with Gasteiger partial charge in [-0.15, -0.1) is 0 Å². The van der Waals surface area contributed by atoms with Gasteiger partial charge >= 0.3 is 12.0 Å². The third kappa shape index (κ3) is 5.81. The van der Waals surface area contributed by atoms with Gasteiger partial charge in [-0.3, -0.25) is 4.79 Å². The topological polar surface area (TPSA) is 128 Å². The summed E-state index contributed by atoms with van der Waals surface area (Å²) in [5.74, 6) is -1.73. The van der Waals surface area contributed by atoms with Crippen LogP contribution < -0.4 is 16.0 Å². The Morgan fingerprint density at radius 1 is 1.25 bits per heavy atom. The Labute approximate surface area is 92.0 Å². The number of nitrogens with one attached hydrogen (secondary N) is 3. The number of rotatable bonds is 6. The quantitative estimate of drug-likeness (QED) is 0.358. The molecule has 16 heavy (non-hydrogen) atoms. The van der Waals surface area contributed by atoms with Crippen LogP contribution in [0.2, 0.25) is 0 Å². The predicted octanol–water partition coefficient (Wildman–Crippen LogP) is -2.13. The van der Waals surface area contributed by atoms with E-state index in [0.29, 0.717) is 6.54 Å². The van der Waals surface area contributed by atoms with Crippen LogP contribution in [0.5, 0.6) is 0 Å². The van der Waals surface area contributed by atoms with Crippen LogP contribution in [-0.4, -0.2) is 53.9 Å². The van der Waals surface area contributed by atoms with Crippen LogP contribution in [0.15, 0.2) is 0 Å². The minimum atomic E-state index is -1.38. The van der Waals surface area contributed by atoms with Gasteiger partial charge in [-0.2, -0.15) is 0 Å². The second kappa shape index (κ2) is 7.46. The summed E-state index contributed by atoms with van der Waals surface area (Å²) in [6.45, 7) is 1.20. The van der Waals surface area contributed by atoms with Gasteiger partial charge in [-0.1, -0.05) is 0 Å². The lowest BCUT2D eigenvalue weighted by Gasteiger charge is -2.12. The fourth-order valence-electron chi connectivity index (χ4n) is 0.815. The molecule has 1 atom stereocenters. The fourth-order valence-corrected chi connectivity index (χ4v) is 0.815. The number of aliphatic carboxylic acids is 1. The molecule has 0 bridgehead atoms. The van der Waals surface area contributed by atoms with Crippen molar-refractivity contribution in [1.82, 2.24) is 16.0 Å². The molecule has 3 amide bonds. The van der Waals surface area contributed by atoms with E-state index in [1.54, 1.807) is 6.92 Å². The monoisotopic (exact) mass is 233 g/mol. The van der Waals surface area contributed by atoms with E-state index in [-0.39, 0.29) is 12.5 Å². The summed E-state index contributed by atoms with van der Waals surface area (Å²) in [5, 5.41) is 23.7. The van der Waals surface area contributed by atoms with Gasteiger partial charge in [0.05, 0.1) is 13.2 Å². The van der Waals surface area contributed by atoms with E-state index in [1.807, 2.05) is 5.32 Å². The number of carboxylic acid groups (broad SMARTS) is 1. The molecule has 0 aromatic rings. The van der Waals surface area contributed by atoms with Crippen molar-refractivity contribution in [3.63, 3.8) is 0 Å². The second-order valence-corrected chi connectivity index (χ2v) is 2.85. The first kappa shape index (κ1) is 14.2. The summed E-state index contributed by atoms with van der Waals surface area (Å²) in [4.78, 5) is 32.4. The SMILES string of the molecule is CCNC(=O)CNC(=O)NC(CO)C(=O)O. The van der Waals surface area contributed by atoms with Crippen molar-refractivity contribution in [2.45, 2.75) is 13.0 Å². The summed E-state index contributed by atoms with van der Waals surface area (Å²) >= 11 is 0. The molecule has 0 radical (unpaired) electrons. The summed E-state index contributed by atoms with van der Waals surface area (Å²) < 4.78 is 0. The van der Waals surface area contributed by atoms with Crippen molar-refractivity contribution in [2.24, 2.45) is 0 Å². The Morgan fingerprint density at radius 2 is 1.88 bits per heavy atom. The molecule has 92 valence electrons. The first-order valence-electron chi connectivity index (χ1n) is 4.66. The van der Waals surface area contributed by atoms with Gasteiger partial charge in [-0.05, 0) is 6.92 Å². The van der Waals surface area contributed by atoms with Crippen LogP contribution >= 0.6 is 0 Å². The molecule has 0 aliphatic carbocycles. The zero-order valence-corrected chi connectivity index (χ0v) is 8.82. The number of hydrogen-bond donors (Lipinski definition) is 5. The second-order valence-electron chi connectivity index (χ2n) is 2.85. The smallest absolute Gasteiger partial charge is 0.328 e. The number of hydrogen-bond acceptors (Lipinski definition) is 4. The van der Waals surface area contributed by atoms with Crippen molar-refractivity contribution in [2.75, 3.05) is 19.7 Å². The van der Waals surface area contributed by atoms with Crippen molar-refractivity contribution in [1.29, 1.82) is 0 Å². The zero-order valence-electron chi connectivity index (χ0n) is 8.82. The molecular formula is C8H15N3O5. The third-order valence-corrected chi connectivity index (χ3v) is 1.57. The standard InChI is InChI=1S/C8H15N3O5/c1-2-9-6(13)3-10-8(16)11-5(4-12)7(14)15/h5,12H,2-4H2,1H3,(H,9,13)(H,14,15)(H2,10,11,16). The van der Waals surface area contributed by atoms with Gasteiger partial charge in [-0.25, -0.2) is 9.59 Å². The van der Waals surface area contributed by atoms with Gasteiger partial charge < -0.3 is 26.2 Å². The highest BCUT2D eigenvalue weighted by Crippen LogP contribution is 1.81. The summed E-state index contributed by atoms with van der Waals surface area (Å²) in [5.41, 5.74) is 0. The average Bonchev–Trinajstić information content (AvgIpc) is 2.23. The maximum atomic E-state index is 11.0. The number of carboxylic acids is 1. The Morgan fingerprint density at radius 3 is 2.31 bits per heavy atom. The minimum absolute atomic E-state index is 0.253. The Bertz CT molecular complexity index is 268. The van der Waals surface area contributed by atoms with Crippen molar-refractivity contribution in [3.05, 3.63) is 0 Å². The van der Waals surface area contributed by atoms with Crippen LogP contribution in [0.4, 0.5) is 4.79 Å². The number of amides is 3. The van der Waals surface area contributed by atoms with Crippen molar-refractivity contribution >= 4 is 17.9 Å². The van der Waals surface area contributed by atoms with E-state index in [2.05, 4.69) is 10.6 Å². The largest absolute Gasteiger partial charge is 0.480 e. The Hall–Kier alpha value is -1.83. The molecule has 0 fully saturated rings. The van der Waals surface area contributed by atoms with E-state index in [1.165, 1.54) is 0 Å². The zero-order chi connectivity index (χ0) is 12.6. The normalized spacial score (nSPS) is 11.4. The number of aliphatic hydroxyl groups excluding tert-OH is 1. The molecular weight excluding hydrogens is 218 g/mol. The van der Waals surface area contributed by atoms with Crippen LogP contribution in [0.1, 0.15) is 6.92 Å². The molecule has 0 aromatic carbocycles. The molecule has 0 rings (SSSR count). The van der Waals surface area contributed by atoms with Crippen LogP contribution in [0, 0.1) is 0 Å². The number of urea groups is 1. The van der Waals surface area contributed by atoms with Gasteiger partial charge in [0.2, 0.25) is 5.91 Å². The molecule has 0 saturated heterocycles. The maximum Gasteiger partial charge on any atom is 0.328 e. The number of likely N-dealkylation sites (N-methyl/N-ethyl adjacent to an activating group) is 1.